The topological polar surface area (TPSA) is 97.7 Å². The number of ether oxygens (including phenoxy) is 1. The van der Waals surface area contributed by atoms with Crippen molar-refractivity contribution in [2.75, 3.05) is 18.0 Å². The standard InChI is InChI=1S/C13H12BrN3O5S/c1-16-9-5-11(22-2)10(4-7(9)3-8(14)13(16)19)17-6-12(18)15-23(17,20)21/h3-5H,6H2,1-2H3,(H,15,18). The van der Waals surface area contributed by atoms with Gasteiger partial charge in [0.2, 0.25) is 0 Å². The number of fused-ring (bicyclic) bond motifs is 1. The fraction of sp³-hybridized carbons (Fsp3) is 0.231. The zero-order valence-corrected chi connectivity index (χ0v) is 14.6. The van der Waals surface area contributed by atoms with E-state index >= 15 is 0 Å². The first-order valence-corrected chi connectivity index (χ1v) is 8.68. The van der Waals surface area contributed by atoms with Crippen LogP contribution in [0, 0.1) is 0 Å². The maximum Gasteiger partial charge on any atom is 0.326 e. The van der Waals surface area contributed by atoms with Crippen molar-refractivity contribution < 1.29 is 17.9 Å². The highest BCUT2D eigenvalue weighted by molar-refractivity contribution is 9.10. The molecule has 0 radical (unpaired) electrons. The summed E-state index contributed by atoms with van der Waals surface area (Å²) in [4.78, 5) is 23.4. The molecule has 1 aliphatic rings. The van der Waals surface area contributed by atoms with E-state index in [-0.39, 0.29) is 23.5 Å². The lowest BCUT2D eigenvalue weighted by Gasteiger charge is -2.19. The Hall–Kier alpha value is -2.07. The average Bonchev–Trinajstić information content (AvgIpc) is 2.76. The van der Waals surface area contributed by atoms with Crippen molar-refractivity contribution in [3.63, 3.8) is 0 Å². The van der Waals surface area contributed by atoms with E-state index in [0.717, 1.165) is 4.31 Å². The number of halogens is 1. The fourth-order valence-electron chi connectivity index (χ4n) is 2.47. The lowest BCUT2D eigenvalue weighted by atomic mass is 10.1. The number of nitrogens with one attached hydrogen (secondary N) is 1. The van der Waals surface area contributed by atoms with Crippen LogP contribution in [-0.2, 0) is 22.1 Å². The Morgan fingerprint density at radius 3 is 2.52 bits per heavy atom. The second-order valence-electron chi connectivity index (χ2n) is 4.98. The van der Waals surface area contributed by atoms with Crippen molar-refractivity contribution >= 4 is 48.6 Å². The molecule has 0 spiro atoms. The van der Waals surface area contributed by atoms with Crippen molar-refractivity contribution in [1.29, 1.82) is 0 Å². The molecule has 2 aromatic rings. The van der Waals surface area contributed by atoms with E-state index in [0.29, 0.717) is 15.4 Å². The summed E-state index contributed by atoms with van der Waals surface area (Å²) < 4.78 is 33.9. The largest absolute Gasteiger partial charge is 0.494 e. The van der Waals surface area contributed by atoms with Crippen molar-refractivity contribution in [3.8, 4) is 5.75 Å². The van der Waals surface area contributed by atoms with Gasteiger partial charge in [-0.2, -0.15) is 8.42 Å². The van der Waals surface area contributed by atoms with Crippen LogP contribution in [0.25, 0.3) is 10.9 Å². The molecule has 1 fully saturated rings. The highest BCUT2D eigenvalue weighted by Gasteiger charge is 2.36. The van der Waals surface area contributed by atoms with Crippen LogP contribution < -0.4 is 19.3 Å². The van der Waals surface area contributed by atoms with Crippen LogP contribution in [0.4, 0.5) is 5.69 Å². The Morgan fingerprint density at radius 1 is 1.26 bits per heavy atom. The molecule has 10 heteroatoms. The SMILES string of the molecule is COc1cc2c(cc1N1CC(=O)NS1(=O)=O)cc(Br)c(=O)n2C. The lowest BCUT2D eigenvalue weighted by Crippen LogP contribution is -2.30. The van der Waals surface area contributed by atoms with Gasteiger partial charge < -0.3 is 9.30 Å². The molecule has 0 unspecified atom stereocenters. The summed E-state index contributed by atoms with van der Waals surface area (Å²) >= 11 is 3.18. The minimum atomic E-state index is -3.95. The van der Waals surface area contributed by atoms with Crippen LogP contribution in [0.2, 0.25) is 0 Å². The van der Waals surface area contributed by atoms with Gasteiger partial charge in [-0.25, -0.2) is 9.03 Å². The van der Waals surface area contributed by atoms with E-state index in [9.17, 15) is 18.0 Å². The number of rotatable bonds is 2. The second kappa shape index (κ2) is 5.24. The molecule has 0 saturated carbocycles. The van der Waals surface area contributed by atoms with Crippen LogP contribution in [0.3, 0.4) is 0 Å². The molecule has 1 aromatic heterocycles. The number of carbonyl (C=O) groups is 1. The van der Waals surface area contributed by atoms with Gasteiger partial charge in [0.25, 0.3) is 11.5 Å². The second-order valence-corrected chi connectivity index (χ2v) is 7.43. The summed E-state index contributed by atoms with van der Waals surface area (Å²) in [7, 11) is -0.954. The Bertz CT molecular complexity index is 999. The Kier molecular flexibility index (Phi) is 3.60. The van der Waals surface area contributed by atoms with Gasteiger partial charge >= 0.3 is 10.2 Å². The summed E-state index contributed by atoms with van der Waals surface area (Å²) in [5.74, 6) is -0.372. The predicted octanol–water partition coefficient (Wildman–Crippen LogP) is 0.491. The number of anilines is 1. The first-order chi connectivity index (χ1) is 10.7. The van der Waals surface area contributed by atoms with Gasteiger partial charge in [-0.15, -0.1) is 0 Å². The van der Waals surface area contributed by atoms with E-state index in [4.69, 9.17) is 4.74 Å². The summed E-state index contributed by atoms with van der Waals surface area (Å²) in [5.41, 5.74) is 0.580. The van der Waals surface area contributed by atoms with Gasteiger partial charge in [-0.3, -0.25) is 9.59 Å². The smallest absolute Gasteiger partial charge is 0.326 e. The van der Waals surface area contributed by atoms with Crippen LogP contribution in [-0.4, -0.2) is 32.5 Å². The normalized spacial score (nSPS) is 16.7. The molecule has 0 bridgehead atoms. The number of hydrogen-bond donors (Lipinski definition) is 1. The first-order valence-electron chi connectivity index (χ1n) is 6.45. The number of amides is 1. The number of carbonyl (C=O) groups excluding carboxylic acids is 1. The maximum atomic E-state index is 12.0. The van der Waals surface area contributed by atoms with E-state index in [1.807, 2.05) is 4.72 Å². The molecule has 122 valence electrons. The van der Waals surface area contributed by atoms with E-state index in [1.54, 1.807) is 25.2 Å². The number of benzene rings is 1. The minimum absolute atomic E-state index is 0.224. The monoisotopic (exact) mass is 401 g/mol. The van der Waals surface area contributed by atoms with Crippen LogP contribution in [0.15, 0.2) is 27.5 Å². The van der Waals surface area contributed by atoms with Crippen molar-refractivity contribution in [2.45, 2.75) is 0 Å². The number of nitrogens with zero attached hydrogens (tertiary/aromatic N) is 2. The van der Waals surface area contributed by atoms with Gasteiger partial charge in [-0.05, 0) is 28.1 Å². The molecule has 8 nitrogen and oxygen atoms in total. The molecule has 3 rings (SSSR count). The van der Waals surface area contributed by atoms with Gasteiger partial charge in [-0.1, -0.05) is 0 Å². The van der Waals surface area contributed by atoms with Gasteiger partial charge in [0.05, 0.1) is 22.8 Å². The molecule has 0 atom stereocenters. The molecule has 2 heterocycles. The third kappa shape index (κ3) is 2.47. The molecule has 0 aliphatic carbocycles. The van der Waals surface area contributed by atoms with E-state index < -0.39 is 16.1 Å². The van der Waals surface area contributed by atoms with Gasteiger partial charge in [0.1, 0.15) is 12.3 Å². The Labute approximate surface area is 140 Å². The average molecular weight is 402 g/mol. The summed E-state index contributed by atoms with van der Waals surface area (Å²) in [6.45, 7) is -0.322. The highest BCUT2D eigenvalue weighted by Crippen LogP contribution is 2.35. The fourth-order valence-corrected chi connectivity index (χ4v) is 4.13. The molecule has 1 aliphatic heterocycles. The minimum Gasteiger partial charge on any atom is -0.494 e. The summed E-state index contributed by atoms with van der Waals surface area (Å²) in [5, 5.41) is 0.629. The molecule has 23 heavy (non-hydrogen) atoms. The lowest BCUT2D eigenvalue weighted by molar-refractivity contribution is -0.117. The molecular formula is C13H12BrN3O5S. The Morgan fingerprint density at radius 2 is 1.96 bits per heavy atom. The number of pyridine rings is 1. The summed E-state index contributed by atoms with van der Waals surface area (Å²) in [6, 6.07) is 4.73. The zero-order chi connectivity index (χ0) is 16.9. The Balaban J connectivity index is 2.32. The van der Waals surface area contributed by atoms with Crippen molar-refractivity contribution in [3.05, 3.63) is 33.0 Å². The maximum absolute atomic E-state index is 12.0. The van der Waals surface area contributed by atoms with E-state index in [1.165, 1.54) is 11.7 Å². The quantitative estimate of drug-likeness (QED) is 0.789. The molecule has 1 aromatic carbocycles. The van der Waals surface area contributed by atoms with Crippen molar-refractivity contribution in [2.24, 2.45) is 7.05 Å². The number of methoxy groups -OCH3 is 1. The third-order valence-corrected chi connectivity index (χ3v) is 5.53. The van der Waals surface area contributed by atoms with Gasteiger partial charge in [0.15, 0.2) is 0 Å². The van der Waals surface area contributed by atoms with Crippen LogP contribution in [0.5, 0.6) is 5.75 Å². The molecule has 1 amide bonds. The predicted molar refractivity (Wildman–Crippen MR) is 87.8 cm³/mol. The first kappa shape index (κ1) is 15.8. The third-order valence-electron chi connectivity index (χ3n) is 3.57. The van der Waals surface area contributed by atoms with Gasteiger partial charge in [0, 0.05) is 18.5 Å². The molecular weight excluding hydrogens is 390 g/mol. The number of aromatic nitrogens is 1. The number of aryl methyl sites for hydroxylation is 1. The zero-order valence-electron chi connectivity index (χ0n) is 12.2. The summed E-state index contributed by atoms with van der Waals surface area (Å²) in [6.07, 6.45) is 0. The molecule has 1 saturated heterocycles. The highest BCUT2D eigenvalue weighted by atomic mass is 79.9. The van der Waals surface area contributed by atoms with Crippen LogP contribution >= 0.6 is 15.9 Å². The van der Waals surface area contributed by atoms with Crippen molar-refractivity contribution in [1.82, 2.24) is 9.29 Å². The van der Waals surface area contributed by atoms with E-state index in [2.05, 4.69) is 15.9 Å². The molecule has 1 N–H and O–H groups in total. The number of hydrogen-bond acceptors (Lipinski definition) is 5. The van der Waals surface area contributed by atoms with Crippen LogP contribution in [0.1, 0.15) is 0 Å².